The van der Waals surface area contributed by atoms with Gasteiger partial charge in [-0.2, -0.15) is 0 Å². The Balaban J connectivity index is 1.65. The van der Waals surface area contributed by atoms with Crippen molar-refractivity contribution in [2.24, 2.45) is 39.7 Å². The summed E-state index contributed by atoms with van der Waals surface area (Å²) in [5.41, 5.74) is 1.82. The van der Waals surface area contributed by atoms with Gasteiger partial charge >= 0.3 is 0 Å². The van der Waals surface area contributed by atoms with Gasteiger partial charge in [0.15, 0.2) is 16.6 Å². The van der Waals surface area contributed by atoms with E-state index >= 15 is 0 Å². The first kappa shape index (κ1) is 24.9. The van der Waals surface area contributed by atoms with Crippen LogP contribution in [0.1, 0.15) is 65.2 Å². The van der Waals surface area contributed by atoms with Crippen molar-refractivity contribution in [1.82, 2.24) is 0 Å². The van der Waals surface area contributed by atoms with Gasteiger partial charge in [-0.15, -0.1) is 0 Å². The van der Waals surface area contributed by atoms with Crippen LogP contribution in [0.25, 0.3) is 0 Å². The molecule has 4 aliphatic rings. The van der Waals surface area contributed by atoms with E-state index in [1.807, 2.05) is 0 Å². The summed E-state index contributed by atoms with van der Waals surface area (Å²) in [6.07, 6.45) is 10.9. The lowest BCUT2D eigenvalue weighted by molar-refractivity contribution is -0.157. The molecule has 8 atom stereocenters. The lowest BCUT2D eigenvalue weighted by Gasteiger charge is -2.63. The minimum absolute atomic E-state index is 0.142. The molecule has 4 nitrogen and oxygen atoms in total. The molecule has 0 aliphatic heterocycles. The van der Waals surface area contributed by atoms with Crippen molar-refractivity contribution in [3.05, 3.63) is 0 Å². The molecule has 4 unspecified atom stereocenters. The van der Waals surface area contributed by atoms with Crippen molar-refractivity contribution >= 4 is 22.3 Å². The van der Waals surface area contributed by atoms with E-state index in [9.17, 15) is 0 Å². The zero-order chi connectivity index (χ0) is 23.5. The third kappa shape index (κ3) is 4.55. The average Bonchev–Trinajstić information content (AvgIpc) is 2.95. The number of oxime groups is 1. The predicted octanol–water partition coefficient (Wildman–Crippen LogP) is 7.08. The number of hydrogen-bond donors (Lipinski definition) is 0. The summed E-state index contributed by atoms with van der Waals surface area (Å²) >= 11 is 0. The van der Waals surface area contributed by atoms with Crippen molar-refractivity contribution < 1.29 is 13.7 Å². The van der Waals surface area contributed by atoms with Crippen LogP contribution in [0, 0.1) is 34.5 Å². The molecule has 0 bridgehead atoms. The van der Waals surface area contributed by atoms with E-state index in [2.05, 4.69) is 58.3 Å². The summed E-state index contributed by atoms with van der Waals surface area (Å²) in [6.45, 7) is 19.3. The van der Waals surface area contributed by atoms with E-state index in [0.29, 0.717) is 23.5 Å². The molecule has 32 heavy (non-hydrogen) atoms. The maximum atomic E-state index is 7.09. The molecule has 0 aromatic carbocycles. The van der Waals surface area contributed by atoms with Gasteiger partial charge in [0.05, 0.1) is 5.71 Å². The highest BCUT2D eigenvalue weighted by Crippen LogP contribution is 2.66. The molecule has 0 aromatic rings. The normalized spacial score (nSPS) is 45.8. The monoisotopic (exact) mass is 479 g/mol. The van der Waals surface area contributed by atoms with Crippen molar-refractivity contribution in [2.75, 3.05) is 7.11 Å². The summed E-state index contributed by atoms with van der Waals surface area (Å²) in [6, 6.07) is 0. The van der Waals surface area contributed by atoms with Gasteiger partial charge in [-0.05, 0) is 120 Å². The summed E-state index contributed by atoms with van der Waals surface area (Å²) in [7, 11) is -1.45. The Bertz CT molecular complexity index is 730. The molecule has 6 heteroatoms. The quantitative estimate of drug-likeness (QED) is 0.312. The van der Waals surface area contributed by atoms with E-state index in [0.717, 1.165) is 30.6 Å². The van der Waals surface area contributed by atoms with Crippen LogP contribution in [0.5, 0.6) is 0 Å². The van der Waals surface area contributed by atoms with Crippen LogP contribution in [-0.4, -0.2) is 41.7 Å². The van der Waals surface area contributed by atoms with Crippen LogP contribution in [0.3, 0.4) is 0 Å². The maximum Gasteiger partial charge on any atom is 0.184 e. The van der Waals surface area contributed by atoms with Crippen LogP contribution in [-0.2, 0) is 13.7 Å². The van der Waals surface area contributed by atoms with E-state index in [-0.39, 0.29) is 5.41 Å². The number of fused-ring (bicyclic) bond motifs is 5. The molecule has 0 heterocycles. The van der Waals surface area contributed by atoms with Gasteiger partial charge in [0.1, 0.15) is 7.11 Å². The SMILES string of the molecule is CO/N=C1\CCC2C3CC[C@@H]4C[C@H](O[Si](C)(C)C)CC[C@]4(C)C3C(O[Si](C)(C)C)C[C@]12C. The van der Waals surface area contributed by atoms with Gasteiger partial charge in [-0.3, -0.25) is 0 Å². The van der Waals surface area contributed by atoms with Gasteiger partial charge in [0.2, 0.25) is 0 Å². The van der Waals surface area contributed by atoms with E-state index in [4.69, 9.17) is 13.7 Å². The largest absolute Gasteiger partial charge is 0.415 e. The average molecular weight is 480 g/mol. The predicted molar refractivity (Wildman–Crippen MR) is 138 cm³/mol. The van der Waals surface area contributed by atoms with Crippen LogP contribution in [0.4, 0.5) is 0 Å². The molecule has 4 aliphatic carbocycles. The number of hydrogen-bond acceptors (Lipinski definition) is 4. The molecular weight excluding hydrogens is 430 g/mol. The number of nitrogens with zero attached hydrogens (tertiary/aromatic N) is 1. The lowest BCUT2D eigenvalue weighted by atomic mass is 9.44. The van der Waals surface area contributed by atoms with Crippen LogP contribution in [0.2, 0.25) is 39.3 Å². The molecule has 0 radical (unpaired) electrons. The second-order valence-corrected chi connectivity index (χ2v) is 22.8. The lowest BCUT2D eigenvalue weighted by Crippen LogP contribution is -2.61. The van der Waals surface area contributed by atoms with Gasteiger partial charge in [-0.1, -0.05) is 19.0 Å². The second-order valence-electron chi connectivity index (χ2n) is 13.9. The highest BCUT2D eigenvalue weighted by atomic mass is 28.4. The summed E-state index contributed by atoms with van der Waals surface area (Å²) in [4.78, 5) is 5.31. The van der Waals surface area contributed by atoms with E-state index in [1.165, 1.54) is 44.2 Å². The molecule has 0 amide bonds. The highest BCUT2D eigenvalue weighted by molar-refractivity contribution is 6.70. The van der Waals surface area contributed by atoms with Gasteiger partial charge < -0.3 is 13.7 Å². The third-order valence-corrected chi connectivity index (χ3v) is 11.5. The van der Waals surface area contributed by atoms with Crippen molar-refractivity contribution in [2.45, 2.75) is 117 Å². The van der Waals surface area contributed by atoms with Crippen molar-refractivity contribution in [3.63, 3.8) is 0 Å². The minimum atomic E-state index is -1.66. The van der Waals surface area contributed by atoms with Crippen LogP contribution < -0.4 is 0 Å². The Kier molecular flexibility index (Phi) is 6.62. The zero-order valence-corrected chi connectivity index (χ0v) is 24.3. The first-order valence-corrected chi connectivity index (χ1v) is 20.0. The van der Waals surface area contributed by atoms with Crippen molar-refractivity contribution in [1.29, 1.82) is 0 Å². The first-order chi connectivity index (χ1) is 14.8. The molecule has 184 valence electrons. The molecule has 0 aromatic heterocycles. The fourth-order valence-electron chi connectivity index (χ4n) is 8.53. The Hall–Kier alpha value is -0.176. The molecule has 0 saturated heterocycles. The molecular formula is C26H49NO3Si2. The third-order valence-electron chi connectivity index (χ3n) is 9.50. The number of rotatable bonds is 5. The van der Waals surface area contributed by atoms with Crippen LogP contribution >= 0.6 is 0 Å². The summed E-state index contributed by atoms with van der Waals surface area (Å²) in [5.74, 6) is 2.96. The van der Waals surface area contributed by atoms with Crippen LogP contribution in [0.15, 0.2) is 5.16 Å². The van der Waals surface area contributed by atoms with Crippen molar-refractivity contribution in [3.8, 4) is 0 Å². The van der Waals surface area contributed by atoms with E-state index < -0.39 is 16.6 Å². The fourth-order valence-corrected chi connectivity index (χ4v) is 10.9. The molecule has 4 saturated carbocycles. The first-order valence-electron chi connectivity index (χ1n) is 13.2. The Morgan fingerprint density at radius 3 is 2.22 bits per heavy atom. The molecule has 4 fully saturated rings. The highest BCUT2D eigenvalue weighted by Gasteiger charge is 2.63. The fraction of sp³-hybridized carbons (Fsp3) is 0.962. The summed E-state index contributed by atoms with van der Waals surface area (Å²) in [5, 5.41) is 4.55. The Morgan fingerprint density at radius 2 is 1.59 bits per heavy atom. The van der Waals surface area contributed by atoms with Gasteiger partial charge in [0, 0.05) is 17.6 Å². The smallest absolute Gasteiger partial charge is 0.184 e. The minimum Gasteiger partial charge on any atom is -0.415 e. The Morgan fingerprint density at radius 1 is 0.906 bits per heavy atom. The standard InChI is InChI=1S/C26H49NO3Si2/c1-25-15-14-19(29-31(4,5)6)16-18(25)10-11-20-21-12-13-23(27-28-3)26(21,2)17-22(24(20)25)30-32(7,8)9/h18-22,24H,10-17H2,1-9H3/b27-23+/t18-,19-,20?,21?,22?,24?,25+,26+/m1/s1. The second kappa shape index (κ2) is 8.49. The Labute approximate surface area is 199 Å². The molecule has 0 N–H and O–H groups in total. The summed E-state index contributed by atoms with van der Waals surface area (Å²) < 4.78 is 13.7. The van der Waals surface area contributed by atoms with Gasteiger partial charge in [-0.25, -0.2) is 0 Å². The molecule has 4 rings (SSSR count). The molecule has 0 spiro atoms. The topological polar surface area (TPSA) is 40.0 Å². The maximum absolute atomic E-state index is 7.09. The zero-order valence-electron chi connectivity index (χ0n) is 22.3. The van der Waals surface area contributed by atoms with E-state index in [1.54, 1.807) is 7.11 Å². The van der Waals surface area contributed by atoms with Gasteiger partial charge in [0.25, 0.3) is 0 Å².